The lowest BCUT2D eigenvalue weighted by Gasteiger charge is -2.35. The zero-order valence-corrected chi connectivity index (χ0v) is 12.9. The predicted molar refractivity (Wildman–Crippen MR) is 84.7 cm³/mol. The molecule has 1 aliphatic rings. The second kappa shape index (κ2) is 6.80. The minimum absolute atomic E-state index is 0.321. The quantitative estimate of drug-likeness (QED) is 0.834. The van der Waals surface area contributed by atoms with E-state index >= 15 is 0 Å². The summed E-state index contributed by atoms with van der Waals surface area (Å²) >= 11 is 0. The molecule has 1 aliphatic heterocycles. The van der Waals surface area contributed by atoms with Crippen molar-refractivity contribution in [3.63, 3.8) is 0 Å². The number of para-hydroxylation sites is 2. The van der Waals surface area contributed by atoms with E-state index in [-0.39, 0.29) is 5.91 Å². The Bertz CT molecular complexity index is 492. The van der Waals surface area contributed by atoms with Gasteiger partial charge in [0.2, 0.25) is 5.91 Å². The van der Waals surface area contributed by atoms with Crippen LogP contribution >= 0.6 is 0 Å². The van der Waals surface area contributed by atoms with E-state index in [2.05, 4.69) is 17.1 Å². The van der Waals surface area contributed by atoms with Gasteiger partial charge in [-0.05, 0) is 38.4 Å². The number of benzene rings is 1. The van der Waals surface area contributed by atoms with Crippen LogP contribution in [0.4, 0.5) is 5.69 Å². The molecule has 2 rings (SSSR count). The number of nitrogens with two attached hydrogens (primary N) is 1. The van der Waals surface area contributed by atoms with Crippen LogP contribution in [-0.4, -0.2) is 37.7 Å². The number of carbonyl (C=O) groups is 1. The number of ether oxygens (including phenoxy) is 1. The van der Waals surface area contributed by atoms with Gasteiger partial charge in [-0.25, -0.2) is 0 Å². The standard InChI is InChI=1S/C16H25N3O2/c1-3-9-18-16(2,15(17)20)12-19-10-6-11-21-14-8-5-4-7-13(14)19/h4-5,7-8,18H,3,6,9-12H2,1-2H3,(H2,17,20). The first-order valence-electron chi connectivity index (χ1n) is 7.58. The molecule has 1 unspecified atom stereocenters. The average molecular weight is 291 g/mol. The second-order valence-corrected chi connectivity index (χ2v) is 5.71. The van der Waals surface area contributed by atoms with Gasteiger partial charge < -0.3 is 20.7 Å². The lowest BCUT2D eigenvalue weighted by molar-refractivity contribution is -0.123. The summed E-state index contributed by atoms with van der Waals surface area (Å²) in [6.07, 6.45) is 1.89. The Balaban J connectivity index is 2.22. The highest BCUT2D eigenvalue weighted by atomic mass is 16.5. The number of carbonyl (C=O) groups excluding carboxylic acids is 1. The minimum atomic E-state index is -0.743. The number of hydrogen-bond acceptors (Lipinski definition) is 4. The number of amides is 1. The number of anilines is 1. The van der Waals surface area contributed by atoms with Crippen molar-refractivity contribution >= 4 is 11.6 Å². The van der Waals surface area contributed by atoms with Gasteiger partial charge in [-0.2, -0.15) is 0 Å². The normalized spacial score (nSPS) is 17.3. The fourth-order valence-corrected chi connectivity index (χ4v) is 2.57. The largest absolute Gasteiger partial charge is 0.491 e. The van der Waals surface area contributed by atoms with Crippen molar-refractivity contribution in [2.75, 3.05) is 31.1 Å². The van der Waals surface area contributed by atoms with Crippen LogP contribution in [-0.2, 0) is 4.79 Å². The van der Waals surface area contributed by atoms with Crippen LogP contribution in [0.2, 0.25) is 0 Å². The van der Waals surface area contributed by atoms with Crippen molar-refractivity contribution in [1.82, 2.24) is 5.32 Å². The Morgan fingerprint density at radius 1 is 1.48 bits per heavy atom. The molecule has 21 heavy (non-hydrogen) atoms. The Morgan fingerprint density at radius 2 is 2.24 bits per heavy atom. The molecule has 1 heterocycles. The topological polar surface area (TPSA) is 67.6 Å². The highest BCUT2D eigenvalue weighted by Gasteiger charge is 2.33. The molecule has 0 radical (unpaired) electrons. The fraction of sp³-hybridized carbons (Fsp3) is 0.562. The maximum Gasteiger partial charge on any atom is 0.239 e. The number of nitrogens with zero attached hydrogens (tertiary/aromatic N) is 1. The molecular formula is C16H25N3O2. The number of primary amides is 1. The van der Waals surface area contributed by atoms with Gasteiger partial charge in [-0.3, -0.25) is 4.79 Å². The minimum Gasteiger partial charge on any atom is -0.491 e. The van der Waals surface area contributed by atoms with Crippen LogP contribution in [0.3, 0.4) is 0 Å². The Labute approximate surface area is 126 Å². The molecule has 1 amide bonds. The van der Waals surface area contributed by atoms with E-state index in [4.69, 9.17) is 10.5 Å². The molecule has 116 valence electrons. The Morgan fingerprint density at radius 3 is 2.95 bits per heavy atom. The Kier molecular flexibility index (Phi) is 5.07. The smallest absolute Gasteiger partial charge is 0.239 e. The molecule has 5 nitrogen and oxygen atoms in total. The third kappa shape index (κ3) is 3.67. The van der Waals surface area contributed by atoms with Gasteiger partial charge in [-0.1, -0.05) is 19.1 Å². The van der Waals surface area contributed by atoms with Crippen LogP contribution in [0.5, 0.6) is 5.75 Å². The second-order valence-electron chi connectivity index (χ2n) is 5.71. The highest BCUT2D eigenvalue weighted by molar-refractivity contribution is 5.85. The first kappa shape index (κ1) is 15.6. The van der Waals surface area contributed by atoms with E-state index in [0.29, 0.717) is 13.2 Å². The molecule has 0 spiro atoms. The molecule has 1 aromatic carbocycles. The molecule has 0 fully saturated rings. The maximum absolute atomic E-state index is 11.9. The van der Waals surface area contributed by atoms with Gasteiger partial charge in [0.25, 0.3) is 0 Å². The average Bonchev–Trinajstić information content (AvgIpc) is 2.68. The first-order chi connectivity index (χ1) is 10.1. The zero-order chi connectivity index (χ0) is 15.3. The van der Waals surface area contributed by atoms with Crippen LogP contribution in [0.25, 0.3) is 0 Å². The summed E-state index contributed by atoms with van der Waals surface area (Å²) in [4.78, 5) is 14.1. The SMILES string of the molecule is CCCNC(C)(CN1CCCOc2ccccc21)C(N)=O. The summed E-state index contributed by atoms with van der Waals surface area (Å²) < 4.78 is 5.76. The number of rotatable bonds is 6. The third-order valence-electron chi connectivity index (χ3n) is 3.85. The van der Waals surface area contributed by atoms with Gasteiger partial charge in [0.05, 0.1) is 12.3 Å². The molecule has 0 saturated heterocycles. The van der Waals surface area contributed by atoms with Gasteiger partial charge in [0, 0.05) is 13.1 Å². The van der Waals surface area contributed by atoms with E-state index in [1.807, 2.05) is 31.2 Å². The summed E-state index contributed by atoms with van der Waals surface area (Å²) in [5.74, 6) is 0.552. The monoisotopic (exact) mass is 291 g/mol. The van der Waals surface area contributed by atoms with E-state index in [0.717, 1.165) is 37.4 Å². The molecule has 0 aliphatic carbocycles. The lowest BCUT2D eigenvalue weighted by Crippen LogP contribution is -2.60. The van der Waals surface area contributed by atoms with E-state index < -0.39 is 5.54 Å². The first-order valence-corrected chi connectivity index (χ1v) is 7.58. The molecule has 3 N–H and O–H groups in total. The van der Waals surface area contributed by atoms with Crippen molar-refractivity contribution < 1.29 is 9.53 Å². The molecular weight excluding hydrogens is 266 g/mol. The number of fused-ring (bicyclic) bond motifs is 1. The molecule has 1 aromatic rings. The van der Waals surface area contributed by atoms with Crippen molar-refractivity contribution in [3.05, 3.63) is 24.3 Å². The van der Waals surface area contributed by atoms with E-state index in [1.54, 1.807) is 0 Å². The van der Waals surface area contributed by atoms with Gasteiger partial charge in [-0.15, -0.1) is 0 Å². The van der Waals surface area contributed by atoms with Crippen molar-refractivity contribution in [3.8, 4) is 5.75 Å². The zero-order valence-electron chi connectivity index (χ0n) is 12.9. The van der Waals surface area contributed by atoms with Crippen LogP contribution in [0.1, 0.15) is 26.7 Å². The predicted octanol–water partition coefficient (Wildman–Crippen LogP) is 1.52. The highest BCUT2D eigenvalue weighted by Crippen LogP contribution is 2.31. The summed E-state index contributed by atoms with van der Waals surface area (Å²) in [5.41, 5.74) is 5.91. The summed E-state index contributed by atoms with van der Waals surface area (Å²) in [7, 11) is 0. The molecule has 0 saturated carbocycles. The van der Waals surface area contributed by atoms with Crippen molar-refractivity contribution in [1.29, 1.82) is 0 Å². The lowest BCUT2D eigenvalue weighted by atomic mass is 9.99. The summed E-state index contributed by atoms with van der Waals surface area (Å²) in [6, 6.07) is 7.95. The third-order valence-corrected chi connectivity index (χ3v) is 3.85. The van der Waals surface area contributed by atoms with Gasteiger partial charge in [0.1, 0.15) is 11.3 Å². The molecule has 5 heteroatoms. The maximum atomic E-state index is 11.9. The summed E-state index contributed by atoms with van der Waals surface area (Å²) in [5, 5.41) is 3.29. The number of hydrogen-bond donors (Lipinski definition) is 2. The van der Waals surface area contributed by atoms with Gasteiger partial charge in [0.15, 0.2) is 0 Å². The van der Waals surface area contributed by atoms with Crippen LogP contribution in [0.15, 0.2) is 24.3 Å². The fourth-order valence-electron chi connectivity index (χ4n) is 2.57. The summed E-state index contributed by atoms with van der Waals surface area (Å²) in [6.45, 7) is 6.81. The van der Waals surface area contributed by atoms with Crippen molar-refractivity contribution in [2.24, 2.45) is 5.73 Å². The van der Waals surface area contributed by atoms with Crippen molar-refractivity contribution in [2.45, 2.75) is 32.2 Å². The molecule has 1 atom stereocenters. The van der Waals surface area contributed by atoms with Crippen LogP contribution in [0, 0.1) is 0 Å². The molecule has 0 bridgehead atoms. The van der Waals surface area contributed by atoms with E-state index in [1.165, 1.54) is 0 Å². The van der Waals surface area contributed by atoms with E-state index in [9.17, 15) is 4.79 Å². The Hall–Kier alpha value is -1.75. The molecule has 0 aromatic heterocycles. The van der Waals surface area contributed by atoms with Crippen LogP contribution < -0.4 is 20.7 Å². The van der Waals surface area contributed by atoms with Gasteiger partial charge >= 0.3 is 0 Å². The number of nitrogens with one attached hydrogen (secondary N) is 1.